The molecule has 1 aliphatic rings. The van der Waals surface area contributed by atoms with E-state index in [-0.39, 0.29) is 5.91 Å². The first-order valence-electron chi connectivity index (χ1n) is 12.2. The highest BCUT2D eigenvalue weighted by molar-refractivity contribution is 5.91. The summed E-state index contributed by atoms with van der Waals surface area (Å²) < 4.78 is 51.3. The number of halogens is 3. The Balaban J connectivity index is 1.18. The Kier molecular flexibility index (Phi) is 8.08. The molecule has 0 radical (unpaired) electrons. The lowest BCUT2D eigenvalue weighted by Crippen LogP contribution is -2.46. The van der Waals surface area contributed by atoms with Gasteiger partial charge in [-0.2, -0.15) is 13.2 Å². The molecule has 2 heterocycles. The van der Waals surface area contributed by atoms with Crippen LogP contribution in [-0.2, 0) is 6.18 Å². The van der Waals surface area contributed by atoms with Crippen molar-refractivity contribution in [2.24, 2.45) is 0 Å². The standard InChI is InChI=1S/C27H32F3N3O3/c1-35-24-15-20-18-33(19-21(20)16-25(24)36-2)26(34)9-4-3-5-10-31-11-13-32(14-12-31)23-8-6-7-22(17-23)27(28,29)30/h6-8,15-19H,3-5,9-14H2,1-2H3. The molecule has 194 valence electrons. The van der Waals surface area contributed by atoms with Crippen molar-refractivity contribution < 1.29 is 27.4 Å². The highest BCUT2D eigenvalue weighted by atomic mass is 19.4. The van der Waals surface area contributed by atoms with E-state index in [2.05, 4.69) is 4.90 Å². The van der Waals surface area contributed by atoms with E-state index in [1.807, 2.05) is 29.4 Å². The number of methoxy groups -OCH3 is 2. The Morgan fingerprint density at radius 1 is 0.889 bits per heavy atom. The van der Waals surface area contributed by atoms with E-state index in [0.717, 1.165) is 55.7 Å². The van der Waals surface area contributed by atoms with Crippen LogP contribution < -0.4 is 14.4 Å². The molecule has 0 N–H and O–H groups in total. The zero-order valence-corrected chi connectivity index (χ0v) is 20.7. The van der Waals surface area contributed by atoms with Gasteiger partial charge in [-0.25, -0.2) is 0 Å². The molecule has 2 aromatic carbocycles. The minimum Gasteiger partial charge on any atom is -0.493 e. The molecule has 0 spiro atoms. The third-order valence-corrected chi connectivity index (χ3v) is 6.71. The molecule has 0 saturated carbocycles. The summed E-state index contributed by atoms with van der Waals surface area (Å²) in [6.07, 6.45) is 2.53. The molecule has 36 heavy (non-hydrogen) atoms. The molecule has 6 nitrogen and oxygen atoms in total. The molecule has 9 heteroatoms. The third kappa shape index (κ3) is 6.13. The summed E-state index contributed by atoms with van der Waals surface area (Å²) in [4.78, 5) is 17.0. The van der Waals surface area contributed by atoms with E-state index in [4.69, 9.17) is 9.47 Å². The monoisotopic (exact) mass is 503 g/mol. The van der Waals surface area contributed by atoms with Gasteiger partial charge in [0.1, 0.15) is 0 Å². The molecule has 1 aromatic heterocycles. The van der Waals surface area contributed by atoms with Crippen LogP contribution in [0.5, 0.6) is 11.5 Å². The van der Waals surface area contributed by atoms with Crippen LogP contribution in [-0.4, -0.2) is 62.3 Å². The molecule has 0 bridgehead atoms. The third-order valence-electron chi connectivity index (χ3n) is 6.71. The first-order valence-corrected chi connectivity index (χ1v) is 12.2. The lowest BCUT2D eigenvalue weighted by Gasteiger charge is -2.36. The number of nitrogens with zero attached hydrogens (tertiary/aromatic N) is 3. The number of ether oxygens (including phenoxy) is 2. The van der Waals surface area contributed by atoms with E-state index in [1.54, 1.807) is 24.9 Å². The van der Waals surface area contributed by atoms with Gasteiger partial charge in [0.15, 0.2) is 11.5 Å². The van der Waals surface area contributed by atoms with Crippen LogP contribution in [0, 0.1) is 0 Å². The molecule has 1 aliphatic heterocycles. The van der Waals surface area contributed by atoms with Gasteiger partial charge in [-0.3, -0.25) is 14.3 Å². The number of carbonyl (C=O) groups excluding carboxylic acids is 1. The van der Waals surface area contributed by atoms with Gasteiger partial charge >= 0.3 is 6.18 Å². The molecular weight excluding hydrogens is 471 g/mol. The maximum absolute atomic E-state index is 13.0. The van der Waals surface area contributed by atoms with Crippen LogP contribution >= 0.6 is 0 Å². The van der Waals surface area contributed by atoms with Gasteiger partial charge in [0.05, 0.1) is 19.8 Å². The molecule has 0 amide bonds. The summed E-state index contributed by atoms with van der Waals surface area (Å²) in [5.74, 6) is 1.32. The van der Waals surface area contributed by atoms with Gasteiger partial charge in [-0.1, -0.05) is 12.5 Å². The zero-order chi connectivity index (χ0) is 25.7. The second kappa shape index (κ2) is 11.2. The van der Waals surface area contributed by atoms with Crippen molar-refractivity contribution in [2.75, 3.05) is 51.8 Å². The molecular formula is C27H32F3N3O3. The van der Waals surface area contributed by atoms with Crippen LogP contribution in [0.15, 0.2) is 48.8 Å². The van der Waals surface area contributed by atoms with E-state index in [9.17, 15) is 18.0 Å². The topological polar surface area (TPSA) is 46.9 Å². The molecule has 0 unspecified atom stereocenters. The Hall–Kier alpha value is -3.20. The van der Waals surface area contributed by atoms with Crippen molar-refractivity contribution in [1.82, 2.24) is 9.47 Å². The minimum atomic E-state index is -4.32. The van der Waals surface area contributed by atoms with Crippen molar-refractivity contribution >= 4 is 22.4 Å². The molecule has 1 saturated heterocycles. The van der Waals surface area contributed by atoms with Crippen molar-refractivity contribution in [1.29, 1.82) is 0 Å². The number of alkyl halides is 3. The normalized spacial score (nSPS) is 14.9. The fourth-order valence-corrected chi connectivity index (χ4v) is 4.64. The molecule has 4 rings (SSSR count). The van der Waals surface area contributed by atoms with Gasteiger partial charge in [-0.15, -0.1) is 0 Å². The molecule has 1 fully saturated rings. The largest absolute Gasteiger partial charge is 0.493 e. The number of hydrogen-bond acceptors (Lipinski definition) is 5. The first-order chi connectivity index (χ1) is 17.3. The highest BCUT2D eigenvalue weighted by Crippen LogP contribution is 2.33. The summed E-state index contributed by atoms with van der Waals surface area (Å²) in [6, 6.07) is 9.28. The smallest absolute Gasteiger partial charge is 0.416 e. The Morgan fingerprint density at radius 3 is 2.11 bits per heavy atom. The lowest BCUT2D eigenvalue weighted by atomic mass is 10.1. The predicted octanol–water partition coefficient (Wildman–Crippen LogP) is 5.70. The van der Waals surface area contributed by atoms with Gasteiger partial charge in [0.25, 0.3) is 0 Å². The predicted molar refractivity (Wildman–Crippen MR) is 134 cm³/mol. The number of hydrogen-bond donors (Lipinski definition) is 0. The first kappa shape index (κ1) is 25.9. The Bertz CT molecular complexity index is 1140. The van der Waals surface area contributed by atoms with Crippen molar-refractivity contribution in [3.63, 3.8) is 0 Å². The fourth-order valence-electron chi connectivity index (χ4n) is 4.64. The van der Waals surface area contributed by atoms with Crippen LogP contribution in [0.4, 0.5) is 18.9 Å². The van der Waals surface area contributed by atoms with Gasteiger partial charge in [0, 0.05) is 61.5 Å². The van der Waals surface area contributed by atoms with Gasteiger partial charge in [-0.05, 0) is 49.7 Å². The maximum Gasteiger partial charge on any atom is 0.416 e. The number of aromatic nitrogens is 1. The average molecular weight is 504 g/mol. The number of unbranched alkanes of at least 4 members (excludes halogenated alkanes) is 2. The number of carbonyl (C=O) groups is 1. The van der Waals surface area contributed by atoms with Crippen molar-refractivity contribution in [3.8, 4) is 11.5 Å². The minimum absolute atomic E-state index is 0.0545. The van der Waals surface area contributed by atoms with E-state index in [0.29, 0.717) is 36.7 Å². The van der Waals surface area contributed by atoms with E-state index < -0.39 is 11.7 Å². The highest BCUT2D eigenvalue weighted by Gasteiger charge is 2.31. The van der Waals surface area contributed by atoms with Crippen LogP contribution in [0.25, 0.3) is 10.8 Å². The van der Waals surface area contributed by atoms with E-state index in [1.165, 1.54) is 12.1 Å². The number of benzene rings is 2. The second-order valence-corrected chi connectivity index (χ2v) is 9.08. The fraction of sp³-hybridized carbons (Fsp3) is 0.444. The second-order valence-electron chi connectivity index (χ2n) is 9.08. The number of piperazine rings is 1. The Morgan fingerprint density at radius 2 is 1.53 bits per heavy atom. The zero-order valence-electron chi connectivity index (χ0n) is 20.7. The summed E-state index contributed by atoms with van der Waals surface area (Å²) in [6.45, 7) is 3.97. The van der Waals surface area contributed by atoms with E-state index >= 15 is 0 Å². The SMILES string of the molecule is COc1cc2cn(C(=O)CCCCCN3CCN(c4cccc(C(F)(F)F)c4)CC3)cc2cc1OC. The van der Waals surface area contributed by atoms with Gasteiger partial charge < -0.3 is 14.4 Å². The summed E-state index contributed by atoms with van der Waals surface area (Å²) >= 11 is 0. The molecule has 0 atom stereocenters. The number of fused-ring (bicyclic) bond motifs is 1. The van der Waals surface area contributed by atoms with Crippen LogP contribution in [0.3, 0.4) is 0 Å². The van der Waals surface area contributed by atoms with Crippen LogP contribution in [0.1, 0.15) is 36.0 Å². The molecule has 3 aromatic rings. The average Bonchev–Trinajstić information content (AvgIpc) is 3.30. The Labute approximate surface area is 209 Å². The van der Waals surface area contributed by atoms with Crippen molar-refractivity contribution in [2.45, 2.75) is 31.9 Å². The number of rotatable bonds is 9. The quantitative estimate of drug-likeness (QED) is 0.351. The maximum atomic E-state index is 13.0. The molecule has 0 aliphatic carbocycles. The summed E-state index contributed by atoms with van der Waals surface area (Å²) in [7, 11) is 3.17. The van der Waals surface area contributed by atoms with Crippen molar-refractivity contribution in [3.05, 3.63) is 54.4 Å². The number of anilines is 1. The summed E-state index contributed by atoms with van der Waals surface area (Å²) in [5, 5.41) is 1.84. The van der Waals surface area contributed by atoms with Gasteiger partial charge in [0.2, 0.25) is 5.91 Å². The summed E-state index contributed by atoms with van der Waals surface area (Å²) in [5.41, 5.74) is 0.0157. The lowest BCUT2D eigenvalue weighted by molar-refractivity contribution is -0.137. The van der Waals surface area contributed by atoms with Crippen LogP contribution in [0.2, 0.25) is 0 Å².